The lowest BCUT2D eigenvalue weighted by atomic mass is 10.2. The van der Waals surface area contributed by atoms with E-state index in [1.807, 2.05) is 36.4 Å². The monoisotopic (exact) mass is 265 g/mol. The predicted molar refractivity (Wildman–Crippen MR) is 71.8 cm³/mol. The molecule has 86 valence electrons. The largest absolute Gasteiger partial charge is 0.287 e. The van der Waals surface area contributed by atoms with Crippen LogP contribution >= 0.6 is 23.2 Å². The average Bonchev–Trinajstić information content (AvgIpc) is 2.35. The molecule has 0 amide bonds. The topological polar surface area (TPSA) is 40.0 Å². The standard InChI is InChI=1S/C13H10Cl2N2/c14-11-7-6-10(8-12(11)15)17-13(16)9-4-2-1-3-5-9/h1-8H,(H2,16,17)/p+1. The van der Waals surface area contributed by atoms with Crippen LogP contribution in [-0.2, 0) is 0 Å². The zero-order chi connectivity index (χ0) is 12.3. The SMILES string of the molecule is NC(=[NH+]c1ccc(Cl)c(Cl)c1)c1ccccc1. The smallest absolute Gasteiger partial charge is 0.277 e. The summed E-state index contributed by atoms with van der Waals surface area (Å²) in [5.41, 5.74) is 7.68. The number of nitrogens with two attached hydrogens (primary N) is 1. The summed E-state index contributed by atoms with van der Waals surface area (Å²) >= 11 is 11.8. The van der Waals surface area contributed by atoms with Crippen molar-refractivity contribution < 1.29 is 4.99 Å². The number of hydrogen-bond donors (Lipinski definition) is 2. The molecule has 0 aliphatic carbocycles. The Morgan fingerprint density at radius 2 is 1.65 bits per heavy atom. The highest BCUT2D eigenvalue weighted by molar-refractivity contribution is 6.42. The molecule has 2 aromatic rings. The second-order valence-electron chi connectivity index (χ2n) is 3.53. The molecular formula is C13H11Cl2N2+. The Balaban J connectivity index is 2.33. The van der Waals surface area contributed by atoms with Crippen LogP contribution in [0.4, 0.5) is 5.69 Å². The van der Waals surface area contributed by atoms with Gasteiger partial charge in [-0.3, -0.25) is 5.73 Å². The summed E-state index contributed by atoms with van der Waals surface area (Å²) in [5, 5.41) is 1.02. The van der Waals surface area contributed by atoms with Gasteiger partial charge in [0.1, 0.15) is 5.69 Å². The zero-order valence-corrected chi connectivity index (χ0v) is 10.5. The molecular weight excluding hydrogens is 255 g/mol. The van der Waals surface area contributed by atoms with E-state index >= 15 is 0 Å². The fourth-order valence-corrected chi connectivity index (χ4v) is 1.72. The third-order valence-corrected chi connectivity index (χ3v) is 3.02. The van der Waals surface area contributed by atoms with Gasteiger partial charge in [-0.05, 0) is 24.3 Å². The van der Waals surface area contributed by atoms with E-state index in [1.54, 1.807) is 12.1 Å². The third kappa shape index (κ3) is 2.99. The van der Waals surface area contributed by atoms with Crippen molar-refractivity contribution in [2.75, 3.05) is 0 Å². The van der Waals surface area contributed by atoms with Gasteiger partial charge in [0.05, 0.1) is 15.6 Å². The van der Waals surface area contributed by atoms with Crippen molar-refractivity contribution in [3.05, 3.63) is 64.1 Å². The molecule has 0 fully saturated rings. The van der Waals surface area contributed by atoms with Gasteiger partial charge < -0.3 is 0 Å². The van der Waals surface area contributed by atoms with Crippen molar-refractivity contribution in [1.29, 1.82) is 0 Å². The molecule has 17 heavy (non-hydrogen) atoms. The number of amidine groups is 1. The van der Waals surface area contributed by atoms with E-state index in [1.165, 1.54) is 0 Å². The number of halogens is 2. The van der Waals surface area contributed by atoms with Crippen molar-refractivity contribution in [3.63, 3.8) is 0 Å². The lowest BCUT2D eigenvalue weighted by Gasteiger charge is -1.98. The van der Waals surface area contributed by atoms with E-state index < -0.39 is 0 Å². The van der Waals surface area contributed by atoms with Crippen molar-refractivity contribution in [2.45, 2.75) is 0 Å². The molecule has 2 rings (SSSR count). The number of nitrogen functional groups attached to an aromatic ring is 1. The van der Waals surface area contributed by atoms with Gasteiger partial charge in [-0.1, -0.05) is 41.4 Å². The van der Waals surface area contributed by atoms with Gasteiger partial charge in [0.15, 0.2) is 0 Å². The van der Waals surface area contributed by atoms with E-state index in [-0.39, 0.29) is 0 Å². The Morgan fingerprint density at radius 3 is 2.29 bits per heavy atom. The number of nitrogens with one attached hydrogen (secondary N) is 1. The van der Waals surface area contributed by atoms with Crippen LogP contribution < -0.4 is 10.7 Å². The first kappa shape index (κ1) is 12.0. The first-order valence-electron chi connectivity index (χ1n) is 5.07. The molecule has 0 aromatic heterocycles. The van der Waals surface area contributed by atoms with Crippen LogP contribution in [0.25, 0.3) is 0 Å². The summed E-state index contributed by atoms with van der Waals surface area (Å²) < 4.78 is 0. The summed E-state index contributed by atoms with van der Waals surface area (Å²) in [7, 11) is 0. The molecule has 4 heteroatoms. The zero-order valence-electron chi connectivity index (χ0n) is 8.95. The summed E-state index contributed by atoms with van der Waals surface area (Å²) in [6.45, 7) is 0. The van der Waals surface area contributed by atoms with E-state index in [2.05, 4.69) is 4.99 Å². The van der Waals surface area contributed by atoms with Crippen LogP contribution in [0.3, 0.4) is 0 Å². The van der Waals surface area contributed by atoms with Crippen LogP contribution in [-0.4, -0.2) is 5.84 Å². The highest BCUT2D eigenvalue weighted by atomic mass is 35.5. The van der Waals surface area contributed by atoms with Gasteiger partial charge in [0.25, 0.3) is 5.84 Å². The minimum Gasteiger partial charge on any atom is -0.287 e. The van der Waals surface area contributed by atoms with Crippen molar-refractivity contribution in [2.24, 2.45) is 5.73 Å². The quantitative estimate of drug-likeness (QED) is 0.634. The molecule has 0 unspecified atom stereocenters. The highest BCUT2D eigenvalue weighted by Gasteiger charge is 2.05. The third-order valence-electron chi connectivity index (χ3n) is 2.28. The predicted octanol–water partition coefficient (Wildman–Crippen LogP) is 2.11. The van der Waals surface area contributed by atoms with Crippen LogP contribution in [0.2, 0.25) is 10.0 Å². The molecule has 2 nitrogen and oxygen atoms in total. The molecule has 0 saturated carbocycles. The molecule has 0 saturated heterocycles. The van der Waals surface area contributed by atoms with Gasteiger partial charge in [-0.25, -0.2) is 4.99 Å². The van der Waals surface area contributed by atoms with Crippen LogP contribution in [0.1, 0.15) is 5.56 Å². The fraction of sp³-hybridized carbons (Fsp3) is 0. The summed E-state index contributed by atoms with van der Waals surface area (Å²) in [5.74, 6) is 0.573. The maximum absolute atomic E-state index is 5.94. The van der Waals surface area contributed by atoms with E-state index in [0.29, 0.717) is 15.9 Å². The van der Waals surface area contributed by atoms with Crippen molar-refractivity contribution in [3.8, 4) is 0 Å². The molecule has 3 N–H and O–H groups in total. The van der Waals surface area contributed by atoms with Crippen LogP contribution in [0, 0.1) is 0 Å². The lowest BCUT2D eigenvalue weighted by molar-refractivity contribution is -0.354. The molecule has 0 radical (unpaired) electrons. The van der Waals surface area contributed by atoms with Crippen molar-refractivity contribution in [1.82, 2.24) is 0 Å². The van der Waals surface area contributed by atoms with E-state index in [9.17, 15) is 0 Å². The Bertz CT molecular complexity index is 551. The van der Waals surface area contributed by atoms with Crippen LogP contribution in [0.15, 0.2) is 48.5 Å². The minimum atomic E-state index is 0.498. The van der Waals surface area contributed by atoms with E-state index in [0.717, 1.165) is 11.3 Å². The fourth-order valence-electron chi connectivity index (χ4n) is 1.42. The number of rotatable bonds is 2. The number of hydrogen-bond acceptors (Lipinski definition) is 0. The Morgan fingerprint density at radius 1 is 0.941 bits per heavy atom. The van der Waals surface area contributed by atoms with Crippen LogP contribution in [0.5, 0.6) is 0 Å². The lowest BCUT2D eigenvalue weighted by Crippen LogP contribution is -2.69. The second kappa shape index (κ2) is 5.21. The second-order valence-corrected chi connectivity index (χ2v) is 4.35. The van der Waals surface area contributed by atoms with Gasteiger partial charge in [0, 0.05) is 6.07 Å². The van der Waals surface area contributed by atoms with E-state index in [4.69, 9.17) is 28.9 Å². The number of benzene rings is 2. The molecule has 0 aliphatic rings. The Labute approximate surface area is 110 Å². The summed E-state index contributed by atoms with van der Waals surface area (Å²) in [6, 6.07) is 14.9. The Kier molecular flexibility index (Phi) is 3.67. The first-order chi connectivity index (χ1) is 8.16. The summed E-state index contributed by atoms with van der Waals surface area (Å²) in [6.07, 6.45) is 0. The van der Waals surface area contributed by atoms with Crippen molar-refractivity contribution >= 4 is 34.7 Å². The van der Waals surface area contributed by atoms with Gasteiger partial charge >= 0.3 is 0 Å². The molecule has 0 atom stereocenters. The minimum absolute atomic E-state index is 0.498. The molecule has 2 aromatic carbocycles. The van der Waals surface area contributed by atoms with Gasteiger partial charge in [-0.2, -0.15) is 0 Å². The van der Waals surface area contributed by atoms with Gasteiger partial charge in [0.2, 0.25) is 0 Å². The Hall–Kier alpha value is -1.51. The molecule has 0 heterocycles. The summed E-state index contributed by atoms with van der Waals surface area (Å²) in [4.78, 5) is 3.08. The average molecular weight is 266 g/mol. The normalized spacial score (nSPS) is 11.5. The molecule has 0 spiro atoms. The maximum Gasteiger partial charge on any atom is 0.277 e. The maximum atomic E-state index is 5.94. The highest BCUT2D eigenvalue weighted by Crippen LogP contribution is 2.22. The molecule has 0 aliphatic heterocycles. The first-order valence-corrected chi connectivity index (χ1v) is 5.82. The van der Waals surface area contributed by atoms with Gasteiger partial charge in [-0.15, -0.1) is 0 Å². The molecule has 0 bridgehead atoms.